The maximum Gasteiger partial charge on any atom is 0.324 e. The van der Waals surface area contributed by atoms with E-state index in [9.17, 15) is 9.59 Å². The molecule has 0 aliphatic carbocycles. The second-order valence-electron chi connectivity index (χ2n) is 9.90. The number of nitrogens with one attached hydrogen (secondary N) is 1. The van der Waals surface area contributed by atoms with Crippen LogP contribution < -0.4 is 9.47 Å². The minimum atomic E-state index is -1.32. The monoisotopic (exact) mass is 513 g/mol. The van der Waals surface area contributed by atoms with Crippen molar-refractivity contribution >= 4 is 22.8 Å². The highest BCUT2D eigenvalue weighted by Crippen LogP contribution is 2.43. The van der Waals surface area contributed by atoms with Crippen molar-refractivity contribution in [1.29, 1.82) is 0 Å². The largest absolute Gasteiger partial charge is 0.490 e. The van der Waals surface area contributed by atoms with Crippen LogP contribution in [-0.2, 0) is 25.7 Å². The number of hydrogen-bond acceptors (Lipinski definition) is 6. The van der Waals surface area contributed by atoms with E-state index in [1.165, 1.54) is 5.56 Å². The molecule has 5 rings (SSSR count). The van der Waals surface area contributed by atoms with Crippen LogP contribution in [-0.4, -0.2) is 29.3 Å². The summed E-state index contributed by atoms with van der Waals surface area (Å²) in [5, 5.41) is 0.903. The predicted octanol–water partition coefficient (Wildman–Crippen LogP) is 6.04. The third-order valence-electron chi connectivity index (χ3n) is 6.63. The first kappa shape index (κ1) is 25.4. The Balaban J connectivity index is 1.56. The molecule has 2 heterocycles. The number of esters is 2. The summed E-state index contributed by atoms with van der Waals surface area (Å²) >= 11 is 0. The van der Waals surface area contributed by atoms with Gasteiger partial charge in [-0.15, -0.1) is 0 Å². The molecule has 38 heavy (non-hydrogen) atoms. The fraction of sp³-hybridized carbons (Fsp3) is 0.290. The molecule has 196 valence electrons. The van der Waals surface area contributed by atoms with E-state index in [1.54, 1.807) is 13.8 Å². The number of para-hydroxylation sites is 1. The molecule has 1 fully saturated rings. The first-order valence-corrected chi connectivity index (χ1v) is 12.7. The highest BCUT2D eigenvalue weighted by Gasteiger charge is 2.48. The Morgan fingerprint density at radius 2 is 1.63 bits per heavy atom. The molecule has 1 aliphatic heterocycles. The molecule has 1 atom stereocenters. The second-order valence-corrected chi connectivity index (χ2v) is 9.90. The summed E-state index contributed by atoms with van der Waals surface area (Å²) in [4.78, 5) is 29.7. The lowest BCUT2D eigenvalue weighted by Gasteiger charge is -2.36. The van der Waals surface area contributed by atoms with Gasteiger partial charge in [0.1, 0.15) is 6.61 Å². The van der Waals surface area contributed by atoms with Crippen molar-refractivity contribution in [1.82, 2.24) is 4.98 Å². The lowest BCUT2D eigenvalue weighted by atomic mass is 9.80. The lowest BCUT2D eigenvalue weighted by molar-refractivity contribution is -0.240. The van der Waals surface area contributed by atoms with Crippen molar-refractivity contribution in [3.63, 3.8) is 0 Å². The Labute approximate surface area is 221 Å². The van der Waals surface area contributed by atoms with Crippen molar-refractivity contribution in [2.24, 2.45) is 5.92 Å². The zero-order chi connectivity index (χ0) is 26.9. The predicted molar refractivity (Wildman–Crippen MR) is 143 cm³/mol. The fourth-order valence-electron chi connectivity index (χ4n) is 4.85. The van der Waals surface area contributed by atoms with Crippen LogP contribution in [0.5, 0.6) is 11.5 Å². The molecule has 1 N–H and O–H groups in total. The average Bonchev–Trinajstić information content (AvgIpc) is 3.30. The Kier molecular flexibility index (Phi) is 6.85. The van der Waals surface area contributed by atoms with Gasteiger partial charge in [-0.25, -0.2) is 0 Å². The standard InChI is InChI=1S/C31H31NO6/c1-5-35-26-16-21(14-15-25(26)36-18-20-12-10-19(2)11-13-20)27(23-17-32-24-9-7-6-8-22(23)24)28-29(33)37-31(3,4)38-30(28)34/h6-17,27-28,32H,5,18H2,1-4H3/t27-/m0/s1. The molecule has 1 aliphatic rings. The Hall–Kier alpha value is -4.26. The molecular formula is C31H31NO6. The Morgan fingerprint density at radius 1 is 0.921 bits per heavy atom. The molecule has 0 unspecified atom stereocenters. The van der Waals surface area contributed by atoms with E-state index in [-0.39, 0.29) is 0 Å². The van der Waals surface area contributed by atoms with Gasteiger partial charge in [0, 0.05) is 36.9 Å². The summed E-state index contributed by atoms with van der Waals surface area (Å²) in [5.41, 5.74) is 4.61. The number of hydrogen-bond donors (Lipinski definition) is 1. The molecule has 0 radical (unpaired) electrons. The third kappa shape index (κ3) is 5.09. The number of ether oxygens (including phenoxy) is 4. The normalized spacial score (nSPS) is 16.1. The summed E-state index contributed by atoms with van der Waals surface area (Å²) in [6.45, 7) is 7.83. The van der Waals surface area contributed by atoms with E-state index in [2.05, 4.69) is 4.98 Å². The van der Waals surface area contributed by atoms with Crippen molar-refractivity contribution in [3.8, 4) is 11.5 Å². The molecule has 4 aromatic rings. The van der Waals surface area contributed by atoms with E-state index in [0.717, 1.165) is 22.0 Å². The minimum absolute atomic E-state index is 0.377. The summed E-state index contributed by atoms with van der Waals surface area (Å²) in [5.74, 6) is -3.33. The number of aryl methyl sites for hydroxylation is 1. The Morgan fingerprint density at radius 3 is 2.34 bits per heavy atom. The molecule has 0 bridgehead atoms. The van der Waals surface area contributed by atoms with Crippen LogP contribution in [0.4, 0.5) is 0 Å². The molecule has 0 spiro atoms. The number of carbonyl (C=O) groups is 2. The van der Waals surface area contributed by atoms with Crippen LogP contribution in [0.15, 0.2) is 72.9 Å². The quantitative estimate of drug-likeness (QED) is 0.228. The van der Waals surface area contributed by atoms with Gasteiger partial charge in [0.25, 0.3) is 5.79 Å². The number of rotatable bonds is 8. The number of benzene rings is 3. The van der Waals surface area contributed by atoms with Crippen LogP contribution in [0.1, 0.15) is 48.9 Å². The molecule has 0 amide bonds. The zero-order valence-electron chi connectivity index (χ0n) is 21.9. The molecule has 7 heteroatoms. The summed E-state index contributed by atoms with van der Waals surface area (Å²) in [6.07, 6.45) is 1.83. The van der Waals surface area contributed by atoms with Gasteiger partial charge in [-0.3, -0.25) is 9.59 Å². The molecule has 7 nitrogen and oxygen atoms in total. The maximum atomic E-state index is 13.2. The third-order valence-corrected chi connectivity index (χ3v) is 6.63. The van der Waals surface area contributed by atoms with Crippen molar-refractivity contribution in [2.45, 2.75) is 46.0 Å². The highest BCUT2D eigenvalue weighted by molar-refractivity contribution is 5.99. The smallest absolute Gasteiger partial charge is 0.324 e. The molecule has 3 aromatic carbocycles. The second kappa shape index (κ2) is 10.2. The average molecular weight is 514 g/mol. The summed E-state index contributed by atoms with van der Waals surface area (Å²) in [6, 6.07) is 21.4. The van der Waals surface area contributed by atoms with Gasteiger partial charge in [0.15, 0.2) is 17.4 Å². The van der Waals surface area contributed by atoms with Crippen LogP contribution in [0, 0.1) is 12.8 Å². The number of aromatic nitrogens is 1. The first-order valence-electron chi connectivity index (χ1n) is 12.7. The van der Waals surface area contributed by atoms with Crippen LogP contribution in [0.25, 0.3) is 10.9 Å². The van der Waals surface area contributed by atoms with E-state index < -0.39 is 29.6 Å². The van der Waals surface area contributed by atoms with Gasteiger partial charge in [0.2, 0.25) is 0 Å². The lowest BCUT2D eigenvalue weighted by Crippen LogP contribution is -2.48. The number of carbonyl (C=O) groups excluding carboxylic acids is 2. The SMILES string of the molecule is CCOc1cc([C@@H](c2c[nH]c3ccccc23)C2C(=O)OC(C)(C)OC2=O)ccc1OCc1ccc(C)cc1. The van der Waals surface area contributed by atoms with Crippen LogP contribution in [0.3, 0.4) is 0 Å². The zero-order valence-corrected chi connectivity index (χ0v) is 21.9. The van der Waals surface area contributed by atoms with E-state index in [0.29, 0.717) is 30.3 Å². The van der Waals surface area contributed by atoms with Crippen molar-refractivity contribution in [2.75, 3.05) is 6.61 Å². The molecule has 0 saturated carbocycles. The number of aromatic amines is 1. The fourth-order valence-corrected chi connectivity index (χ4v) is 4.85. The number of cyclic esters (lactones) is 2. The first-order chi connectivity index (χ1) is 18.3. The van der Waals surface area contributed by atoms with Gasteiger partial charge in [0.05, 0.1) is 6.61 Å². The molecule has 1 aromatic heterocycles. The maximum absolute atomic E-state index is 13.2. The van der Waals surface area contributed by atoms with Gasteiger partial charge in [-0.1, -0.05) is 54.1 Å². The highest BCUT2D eigenvalue weighted by atomic mass is 16.7. The topological polar surface area (TPSA) is 86.9 Å². The van der Waals surface area contributed by atoms with Gasteiger partial charge in [-0.05, 0) is 48.7 Å². The Bertz CT molecular complexity index is 1450. The van der Waals surface area contributed by atoms with Gasteiger partial charge >= 0.3 is 11.9 Å². The molecule has 1 saturated heterocycles. The van der Waals surface area contributed by atoms with Gasteiger partial charge in [-0.2, -0.15) is 0 Å². The van der Waals surface area contributed by atoms with E-state index >= 15 is 0 Å². The number of fused-ring (bicyclic) bond motifs is 1. The minimum Gasteiger partial charge on any atom is -0.490 e. The summed E-state index contributed by atoms with van der Waals surface area (Å²) in [7, 11) is 0. The van der Waals surface area contributed by atoms with Crippen LogP contribution >= 0.6 is 0 Å². The number of H-pyrrole nitrogens is 1. The van der Waals surface area contributed by atoms with E-state index in [4.69, 9.17) is 18.9 Å². The van der Waals surface area contributed by atoms with Crippen molar-refractivity contribution < 1.29 is 28.5 Å². The van der Waals surface area contributed by atoms with Crippen molar-refractivity contribution in [3.05, 3.63) is 95.2 Å². The van der Waals surface area contributed by atoms with Crippen LogP contribution in [0.2, 0.25) is 0 Å². The van der Waals surface area contributed by atoms with E-state index in [1.807, 2.05) is 86.8 Å². The summed E-state index contributed by atoms with van der Waals surface area (Å²) < 4.78 is 23.1. The van der Waals surface area contributed by atoms with Gasteiger partial charge < -0.3 is 23.9 Å². The molecular weight excluding hydrogens is 482 g/mol.